The van der Waals surface area contributed by atoms with Gasteiger partial charge in [0.1, 0.15) is 17.2 Å². The third-order valence-corrected chi connectivity index (χ3v) is 4.57. The number of aromatic nitrogens is 3. The van der Waals surface area contributed by atoms with Crippen molar-refractivity contribution in [3.8, 4) is 5.69 Å². The maximum atomic E-state index is 13.9. The molecule has 0 bridgehead atoms. The quantitative estimate of drug-likeness (QED) is 0.525. The molecule has 0 aliphatic carbocycles. The summed E-state index contributed by atoms with van der Waals surface area (Å²) in [4.78, 5) is 25.0. The molecular weight excluding hydrogens is 408 g/mol. The number of carbonyl (C=O) groups excluding carboxylic acids is 1. The van der Waals surface area contributed by atoms with E-state index in [1.54, 1.807) is 6.20 Å². The zero-order valence-electron chi connectivity index (χ0n) is 18.3. The Morgan fingerprint density at radius 3 is 2.39 bits per heavy atom. The van der Waals surface area contributed by atoms with Crippen LogP contribution in [0.1, 0.15) is 55.6 Å². The third kappa shape index (κ3) is 7.39. The summed E-state index contributed by atoms with van der Waals surface area (Å²) in [6.07, 6.45) is 4.94. The van der Waals surface area contributed by atoms with Crippen LogP contribution in [-0.2, 0) is 11.2 Å². The minimum Gasteiger partial charge on any atom is -0.477 e. The van der Waals surface area contributed by atoms with Crippen LogP contribution >= 0.6 is 0 Å². The number of hydrogen-bond acceptors (Lipinski definition) is 5. The molecule has 1 amide bonds. The molecule has 0 radical (unpaired) electrons. The minimum atomic E-state index is -1.67. The summed E-state index contributed by atoms with van der Waals surface area (Å²) in [5.41, 5.74) is -0.602. The number of aryl methyl sites for hydroxylation is 1. The van der Waals surface area contributed by atoms with E-state index in [1.807, 2.05) is 32.8 Å². The molecule has 0 atom stereocenters. The molecule has 2 rings (SSSR count). The van der Waals surface area contributed by atoms with Crippen molar-refractivity contribution in [2.45, 2.75) is 51.5 Å². The predicted molar refractivity (Wildman–Crippen MR) is 111 cm³/mol. The molecule has 2 aromatic rings. The van der Waals surface area contributed by atoms with Gasteiger partial charge in [0.25, 0.3) is 0 Å². The monoisotopic (exact) mass is 437 g/mol. The molecule has 1 heterocycles. The fourth-order valence-electron chi connectivity index (χ4n) is 3.47. The van der Waals surface area contributed by atoms with Gasteiger partial charge in [0.05, 0.1) is 17.6 Å². The lowest BCUT2D eigenvalue weighted by molar-refractivity contribution is -0.122. The highest BCUT2D eigenvalue weighted by atomic mass is 19.1. The Hall–Kier alpha value is -2.88. The van der Waals surface area contributed by atoms with Crippen molar-refractivity contribution >= 4 is 11.9 Å². The zero-order valence-corrected chi connectivity index (χ0v) is 18.3. The lowest BCUT2D eigenvalue weighted by atomic mass is 10.0. The van der Waals surface area contributed by atoms with Crippen LogP contribution in [0.5, 0.6) is 0 Å². The number of aromatic carboxylic acids is 1. The van der Waals surface area contributed by atoms with E-state index in [2.05, 4.69) is 15.6 Å². The van der Waals surface area contributed by atoms with Crippen molar-refractivity contribution in [3.63, 3.8) is 0 Å². The fraction of sp³-hybridized carbons (Fsp3) is 0.524. The molecule has 10 heteroatoms. The van der Waals surface area contributed by atoms with Crippen molar-refractivity contribution in [3.05, 3.63) is 41.2 Å². The molecule has 0 saturated heterocycles. The molecule has 0 fully saturated rings. The molecule has 2 N–H and O–H groups in total. The zero-order chi connectivity index (χ0) is 23.2. The van der Waals surface area contributed by atoms with Gasteiger partial charge in [-0.15, -0.1) is 5.10 Å². The summed E-state index contributed by atoms with van der Waals surface area (Å²) in [5, 5.41) is 19.7. The highest BCUT2D eigenvalue weighted by Gasteiger charge is 2.21. The van der Waals surface area contributed by atoms with E-state index in [1.165, 1.54) is 4.68 Å². The average molecular weight is 437 g/mol. The topological polar surface area (TPSA) is 100 Å². The number of carboxylic acid groups (broad SMARTS) is 1. The molecule has 0 spiro atoms. The van der Waals surface area contributed by atoms with E-state index in [0.29, 0.717) is 18.5 Å². The van der Waals surface area contributed by atoms with Gasteiger partial charge < -0.3 is 15.3 Å². The van der Waals surface area contributed by atoms with Gasteiger partial charge in [0.15, 0.2) is 0 Å². The Bertz CT molecular complexity index is 904. The van der Waals surface area contributed by atoms with Crippen LogP contribution in [0.3, 0.4) is 0 Å². The number of halogens is 2. The van der Waals surface area contributed by atoms with Crippen LogP contribution in [0.2, 0.25) is 0 Å². The first-order valence-electron chi connectivity index (χ1n) is 10.1. The number of benzene rings is 1. The summed E-state index contributed by atoms with van der Waals surface area (Å²) in [5.74, 6) is -4.00. The number of rotatable bonds is 11. The highest BCUT2D eigenvalue weighted by molar-refractivity contribution is 5.88. The number of nitrogens with one attached hydrogen (secondary N) is 1. The normalized spacial score (nSPS) is 11.7. The summed E-state index contributed by atoms with van der Waals surface area (Å²) >= 11 is 0. The molecule has 0 saturated carbocycles. The van der Waals surface area contributed by atoms with Gasteiger partial charge >= 0.3 is 5.97 Å². The SMILES string of the molecule is CN(C)CC(C)(C)NC(=O)CCCCCc1cn(-c2cc(F)c(C(=O)O)c(F)c2)nn1. The summed E-state index contributed by atoms with van der Waals surface area (Å²) in [6.45, 7) is 4.73. The van der Waals surface area contributed by atoms with Crippen LogP contribution in [0.4, 0.5) is 8.78 Å². The second-order valence-electron chi connectivity index (χ2n) is 8.47. The molecule has 0 aliphatic rings. The van der Waals surface area contributed by atoms with Crippen molar-refractivity contribution in [2.75, 3.05) is 20.6 Å². The molecule has 8 nitrogen and oxygen atoms in total. The Balaban J connectivity index is 1.80. The average Bonchev–Trinajstić information content (AvgIpc) is 3.07. The van der Waals surface area contributed by atoms with E-state index in [9.17, 15) is 18.4 Å². The Kier molecular flexibility index (Phi) is 8.21. The number of unbranched alkanes of at least 4 members (excludes halogenated alkanes) is 2. The smallest absolute Gasteiger partial charge is 0.341 e. The van der Waals surface area contributed by atoms with Crippen LogP contribution in [-0.4, -0.2) is 63.1 Å². The maximum absolute atomic E-state index is 13.9. The number of hydrogen-bond donors (Lipinski definition) is 2. The number of amides is 1. The lowest BCUT2D eigenvalue weighted by Gasteiger charge is -2.29. The van der Waals surface area contributed by atoms with Gasteiger partial charge in [-0.25, -0.2) is 18.3 Å². The highest BCUT2D eigenvalue weighted by Crippen LogP contribution is 2.18. The van der Waals surface area contributed by atoms with Crippen molar-refractivity contribution in [1.29, 1.82) is 0 Å². The van der Waals surface area contributed by atoms with Crippen LogP contribution in [0.25, 0.3) is 5.69 Å². The molecule has 0 aliphatic heterocycles. The van der Waals surface area contributed by atoms with Crippen LogP contribution in [0, 0.1) is 11.6 Å². The summed E-state index contributed by atoms with van der Waals surface area (Å²) in [7, 11) is 3.92. The second-order valence-corrected chi connectivity index (χ2v) is 8.47. The fourth-order valence-corrected chi connectivity index (χ4v) is 3.47. The number of carbonyl (C=O) groups is 2. The second kappa shape index (κ2) is 10.4. The largest absolute Gasteiger partial charge is 0.477 e. The van der Waals surface area contributed by atoms with Crippen LogP contribution in [0.15, 0.2) is 18.3 Å². The van der Waals surface area contributed by atoms with E-state index >= 15 is 0 Å². The van der Waals surface area contributed by atoms with Crippen molar-refractivity contribution in [1.82, 2.24) is 25.2 Å². The van der Waals surface area contributed by atoms with Crippen molar-refractivity contribution < 1.29 is 23.5 Å². The first-order chi connectivity index (χ1) is 14.5. The Morgan fingerprint density at radius 1 is 1.16 bits per heavy atom. The van der Waals surface area contributed by atoms with Gasteiger partial charge in [0.2, 0.25) is 5.91 Å². The van der Waals surface area contributed by atoms with Gasteiger partial charge in [-0.1, -0.05) is 11.6 Å². The van der Waals surface area contributed by atoms with E-state index in [4.69, 9.17) is 5.11 Å². The van der Waals surface area contributed by atoms with E-state index in [0.717, 1.165) is 37.9 Å². The Morgan fingerprint density at radius 2 is 1.81 bits per heavy atom. The van der Waals surface area contributed by atoms with Crippen LogP contribution < -0.4 is 5.32 Å². The predicted octanol–water partition coefficient (Wildman–Crippen LogP) is 2.80. The molecule has 170 valence electrons. The summed E-state index contributed by atoms with van der Waals surface area (Å²) in [6, 6.07) is 1.81. The van der Waals surface area contributed by atoms with Gasteiger partial charge in [-0.3, -0.25) is 4.79 Å². The molecule has 31 heavy (non-hydrogen) atoms. The molecule has 1 aromatic carbocycles. The van der Waals surface area contributed by atoms with Gasteiger partial charge in [-0.05, 0) is 47.2 Å². The lowest BCUT2D eigenvalue weighted by Crippen LogP contribution is -2.49. The molecular formula is C21H29F2N5O3. The third-order valence-electron chi connectivity index (χ3n) is 4.57. The van der Waals surface area contributed by atoms with E-state index in [-0.39, 0.29) is 17.1 Å². The van der Waals surface area contributed by atoms with Gasteiger partial charge in [-0.2, -0.15) is 0 Å². The first kappa shape index (κ1) is 24.4. The number of carboxylic acids is 1. The minimum absolute atomic E-state index is 0.0201. The van der Waals surface area contributed by atoms with Crippen molar-refractivity contribution in [2.24, 2.45) is 0 Å². The molecule has 1 aromatic heterocycles. The first-order valence-corrected chi connectivity index (χ1v) is 10.1. The van der Waals surface area contributed by atoms with Gasteiger partial charge in [0, 0.05) is 30.6 Å². The number of likely N-dealkylation sites (N-methyl/N-ethyl adjacent to an activating group) is 1. The molecule has 0 unspecified atom stereocenters. The maximum Gasteiger partial charge on any atom is 0.341 e. The Labute approximate surface area is 180 Å². The number of nitrogens with zero attached hydrogens (tertiary/aromatic N) is 4. The van der Waals surface area contributed by atoms with E-state index < -0.39 is 23.2 Å². The summed E-state index contributed by atoms with van der Waals surface area (Å²) < 4.78 is 28.9. The standard InChI is InChI=1S/C21H29F2N5O3/c1-21(2,13-27(3)4)24-18(29)9-7-5-6-8-14-12-28(26-25-14)15-10-16(22)19(20(30)31)17(23)11-15/h10-12H,5-9,13H2,1-4H3,(H,24,29)(H,30,31).